The average Bonchev–Trinajstić information content (AvgIpc) is 3.03. The first-order valence-corrected chi connectivity index (χ1v) is 6.85. The van der Waals surface area contributed by atoms with Gasteiger partial charge in [-0.05, 0) is 18.4 Å². The lowest BCUT2D eigenvalue weighted by Crippen LogP contribution is -2.32. The summed E-state index contributed by atoms with van der Waals surface area (Å²) >= 11 is 0. The fourth-order valence-corrected chi connectivity index (χ4v) is 1.97. The van der Waals surface area contributed by atoms with Crippen LogP contribution in [0.15, 0.2) is 42.7 Å². The van der Waals surface area contributed by atoms with Gasteiger partial charge in [0.2, 0.25) is 5.91 Å². The van der Waals surface area contributed by atoms with E-state index in [0.29, 0.717) is 19.5 Å². The van der Waals surface area contributed by atoms with Crippen LogP contribution in [0.25, 0.3) is 0 Å². The van der Waals surface area contributed by atoms with Crippen molar-refractivity contribution in [3.63, 3.8) is 0 Å². The molecular formula is C15H17N5O. The largest absolute Gasteiger partial charge is 0.355 e. The zero-order chi connectivity index (χ0) is 14.9. The van der Waals surface area contributed by atoms with E-state index in [1.165, 1.54) is 0 Å². The van der Waals surface area contributed by atoms with E-state index in [1.54, 1.807) is 17.1 Å². The van der Waals surface area contributed by atoms with Crippen molar-refractivity contribution in [3.8, 4) is 6.07 Å². The number of nitrogens with one attached hydrogen (secondary N) is 1. The SMILES string of the molecule is N#CC(Cc1ccccc1)C(=O)NCCCn1ccnn1. The third-order valence-corrected chi connectivity index (χ3v) is 3.09. The van der Waals surface area contributed by atoms with Gasteiger partial charge in [-0.3, -0.25) is 9.48 Å². The van der Waals surface area contributed by atoms with E-state index in [9.17, 15) is 4.79 Å². The second kappa shape index (κ2) is 7.80. The molecule has 1 N–H and O–H groups in total. The number of aryl methyl sites for hydroxylation is 1. The molecule has 2 aromatic rings. The Morgan fingerprint density at radius 3 is 2.86 bits per heavy atom. The Morgan fingerprint density at radius 2 is 2.19 bits per heavy atom. The lowest BCUT2D eigenvalue weighted by atomic mass is 10.00. The number of nitrogens with zero attached hydrogens (tertiary/aromatic N) is 4. The molecule has 0 spiro atoms. The Kier molecular flexibility index (Phi) is 5.47. The zero-order valence-corrected chi connectivity index (χ0v) is 11.6. The molecule has 0 saturated carbocycles. The van der Waals surface area contributed by atoms with E-state index in [4.69, 9.17) is 5.26 Å². The van der Waals surface area contributed by atoms with Gasteiger partial charge >= 0.3 is 0 Å². The Labute approximate surface area is 123 Å². The Balaban J connectivity index is 1.74. The number of amides is 1. The molecule has 6 nitrogen and oxygen atoms in total. The van der Waals surface area contributed by atoms with Crippen molar-refractivity contribution < 1.29 is 4.79 Å². The molecule has 0 radical (unpaired) electrons. The predicted molar refractivity (Wildman–Crippen MR) is 76.9 cm³/mol. The van der Waals surface area contributed by atoms with E-state index in [-0.39, 0.29) is 5.91 Å². The molecule has 1 heterocycles. The number of benzene rings is 1. The van der Waals surface area contributed by atoms with Crippen LogP contribution in [0.5, 0.6) is 0 Å². The molecule has 0 bridgehead atoms. The number of hydrogen-bond acceptors (Lipinski definition) is 4. The van der Waals surface area contributed by atoms with Crippen LogP contribution >= 0.6 is 0 Å². The van der Waals surface area contributed by atoms with Crippen molar-refractivity contribution in [2.75, 3.05) is 6.54 Å². The van der Waals surface area contributed by atoms with Gasteiger partial charge in [-0.1, -0.05) is 35.5 Å². The minimum Gasteiger partial charge on any atom is -0.355 e. The molecule has 2 rings (SSSR count). The van der Waals surface area contributed by atoms with Crippen LogP contribution < -0.4 is 5.32 Å². The number of aromatic nitrogens is 3. The quantitative estimate of drug-likeness (QED) is 0.773. The fourth-order valence-electron chi connectivity index (χ4n) is 1.97. The average molecular weight is 283 g/mol. The summed E-state index contributed by atoms with van der Waals surface area (Å²) in [6, 6.07) is 11.6. The highest BCUT2D eigenvalue weighted by atomic mass is 16.1. The van der Waals surface area contributed by atoms with E-state index in [2.05, 4.69) is 21.7 Å². The van der Waals surface area contributed by atoms with Gasteiger partial charge in [0.25, 0.3) is 0 Å². The van der Waals surface area contributed by atoms with E-state index >= 15 is 0 Å². The van der Waals surface area contributed by atoms with Crippen LogP contribution in [0.3, 0.4) is 0 Å². The summed E-state index contributed by atoms with van der Waals surface area (Å²) in [6.07, 6.45) is 4.57. The molecule has 0 aliphatic heterocycles. The smallest absolute Gasteiger partial charge is 0.237 e. The maximum Gasteiger partial charge on any atom is 0.237 e. The maximum absolute atomic E-state index is 12.0. The number of carbonyl (C=O) groups is 1. The van der Waals surface area contributed by atoms with Gasteiger partial charge < -0.3 is 5.32 Å². The van der Waals surface area contributed by atoms with Crippen molar-refractivity contribution in [2.45, 2.75) is 19.4 Å². The summed E-state index contributed by atoms with van der Waals surface area (Å²) in [5, 5.41) is 19.5. The fraction of sp³-hybridized carbons (Fsp3) is 0.333. The highest BCUT2D eigenvalue weighted by Crippen LogP contribution is 2.08. The van der Waals surface area contributed by atoms with Crippen LogP contribution in [0.4, 0.5) is 0 Å². The molecule has 21 heavy (non-hydrogen) atoms. The lowest BCUT2D eigenvalue weighted by Gasteiger charge is -2.10. The van der Waals surface area contributed by atoms with Crippen LogP contribution in [-0.4, -0.2) is 27.4 Å². The number of rotatable bonds is 7. The molecule has 1 aromatic heterocycles. The standard InChI is InChI=1S/C15H17N5O/c16-12-14(11-13-5-2-1-3-6-13)15(21)17-7-4-9-20-10-8-18-19-20/h1-3,5-6,8,10,14H,4,7,9,11H2,(H,17,21). The second-order valence-corrected chi connectivity index (χ2v) is 4.68. The summed E-state index contributed by atoms with van der Waals surface area (Å²) in [7, 11) is 0. The van der Waals surface area contributed by atoms with Crippen LogP contribution in [0.2, 0.25) is 0 Å². The second-order valence-electron chi connectivity index (χ2n) is 4.68. The molecule has 108 valence electrons. The molecule has 0 fully saturated rings. The van der Waals surface area contributed by atoms with E-state index in [0.717, 1.165) is 12.0 Å². The normalized spacial score (nSPS) is 11.6. The molecule has 0 aliphatic carbocycles. The third-order valence-electron chi connectivity index (χ3n) is 3.09. The number of carbonyl (C=O) groups excluding carboxylic acids is 1. The lowest BCUT2D eigenvalue weighted by molar-refractivity contribution is -0.123. The first kappa shape index (κ1) is 14.7. The first-order chi connectivity index (χ1) is 10.3. The van der Waals surface area contributed by atoms with Crippen LogP contribution in [-0.2, 0) is 17.8 Å². The summed E-state index contributed by atoms with van der Waals surface area (Å²) in [4.78, 5) is 12.0. The number of nitriles is 1. The highest BCUT2D eigenvalue weighted by Gasteiger charge is 2.17. The van der Waals surface area contributed by atoms with E-state index in [1.807, 2.05) is 30.3 Å². The predicted octanol–water partition coefficient (Wildman–Crippen LogP) is 1.17. The highest BCUT2D eigenvalue weighted by molar-refractivity contribution is 5.81. The Hall–Kier alpha value is -2.68. The van der Waals surface area contributed by atoms with Gasteiger partial charge in [-0.15, -0.1) is 5.10 Å². The number of hydrogen-bond donors (Lipinski definition) is 1. The third kappa shape index (κ3) is 4.73. The van der Waals surface area contributed by atoms with Gasteiger partial charge in [0.1, 0.15) is 5.92 Å². The van der Waals surface area contributed by atoms with Crippen LogP contribution in [0.1, 0.15) is 12.0 Å². The molecular weight excluding hydrogens is 266 g/mol. The maximum atomic E-state index is 12.0. The first-order valence-electron chi connectivity index (χ1n) is 6.85. The molecule has 1 atom stereocenters. The van der Waals surface area contributed by atoms with Crippen molar-refractivity contribution in [1.29, 1.82) is 5.26 Å². The van der Waals surface area contributed by atoms with Gasteiger partial charge in [-0.2, -0.15) is 5.26 Å². The summed E-state index contributed by atoms with van der Waals surface area (Å²) in [6.45, 7) is 1.21. The molecule has 0 aliphatic rings. The molecule has 1 amide bonds. The summed E-state index contributed by atoms with van der Waals surface area (Å²) in [5.41, 5.74) is 0.988. The molecule has 1 aromatic carbocycles. The molecule has 0 saturated heterocycles. The van der Waals surface area contributed by atoms with Gasteiger partial charge in [0.05, 0.1) is 12.3 Å². The summed E-state index contributed by atoms with van der Waals surface area (Å²) < 4.78 is 1.71. The topological polar surface area (TPSA) is 83.6 Å². The molecule has 1 unspecified atom stereocenters. The van der Waals surface area contributed by atoms with Crippen molar-refractivity contribution >= 4 is 5.91 Å². The monoisotopic (exact) mass is 283 g/mol. The Bertz CT molecular complexity index is 588. The van der Waals surface area contributed by atoms with Crippen molar-refractivity contribution in [2.24, 2.45) is 5.92 Å². The zero-order valence-electron chi connectivity index (χ0n) is 11.6. The molecule has 6 heteroatoms. The van der Waals surface area contributed by atoms with Crippen LogP contribution in [0, 0.1) is 17.2 Å². The van der Waals surface area contributed by atoms with Gasteiger partial charge in [-0.25, -0.2) is 0 Å². The summed E-state index contributed by atoms with van der Waals surface area (Å²) in [5.74, 6) is -0.876. The van der Waals surface area contributed by atoms with Crippen molar-refractivity contribution in [1.82, 2.24) is 20.3 Å². The van der Waals surface area contributed by atoms with E-state index < -0.39 is 5.92 Å². The van der Waals surface area contributed by atoms with Gasteiger partial charge in [0.15, 0.2) is 0 Å². The minimum absolute atomic E-state index is 0.222. The Morgan fingerprint density at radius 1 is 1.38 bits per heavy atom. The van der Waals surface area contributed by atoms with Crippen molar-refractivity contribution in [3.05, 3.63) is 48.3 Å². The minimum atomic E-state index is -0.654. The van der Waals surface area contributed by atoms with Gasteiger partial charge in [0, 0.05) is 19.3 Å².